The topological polar surface area (TPSA) is 37.6 Å². The minimum absolute atomic E-state index is 0.626. The summed E-state index contributed by atoms with van der Waals surface area (Å²) in [6.07, 6.45) is 4.11. The molecule has 0 saturated carbocycles. The zero-order valence-corrected chi connectivity index (χ0v) is 11.4. The Morgan fingerprint density at radius 2 is 2.17 bits per heavy atom. The van der Waals surface area contributed by atoms with E-state index in [9.17, 15) is 0 Å². The summed E-state index contributed by atoms with van der Waals surface area (Å²) in [5, 5.41) is 3.30. The van der Waals surface area contributed by atoms with E-state index in [1.165, 1.54) is 5.56 Å². The molecule has 1 aromatic rings. The highest BCUT2D eigenvalue weighted by atomic mass is 16.5. The maximum Gasteiger partial charge on any atom is 0.118 e. The summed E-state index contributed by atoms with van der Waals surface area (Å²) in [6.45, 7) is 6.65. The highest BCUT2D eigenvalue weighted by molar-refractivity contribution is 5.12. The van der Waals surface area contributed by atoms with Gasteiger partial charge >= 0.3 is 0 Å². The zero-order valence-electron chi connectivity index (χ0n) is 11.4. The van der Waals surface area contributed by atoms with Crippen molar-refractivity contribution in [3.8, 4) is 0 Å². The van der Waals surface area contributed by atoms with Crippen LogP contribution in [0.5, 0.6) is 0 Å². The Bertz CT molecular complexity index is 345. The minimum Gasteiger partial charge on any atom is -0.468 e. The normalized spacial score (nSPS) is 17.5. The lowest BCUT2D eigenvalue weighted by molar-refractivity contribution is 0.0387. The van der Waals surface area contributed by atoms with Crippen LogP contribution in [0.1, 0.15) is 31.1 Å². The molecule has 0 radical (unpaired) electrons. The largest absolute Gasteiger partial charge is 0.468 e. The first-order valence-electron chi connectivity index (χ1n) is 6.84. The van der Waals surface area contributed by atoms with Crippen LogP contribution in [0.2, 0.25) is 0 Å². The van der Waals surface area contributed by atoms with Gasteiger partial charge in [0.2, 0.25) is 0 Å². The first kappa shape index (κ1) is 13.6. The highest BCUT2D eigenvalue weighted by Gasteiger charge is 2.19. The monoisotopic (exact) mass is 252 g/mol. The fraction of sp³-hybridized carbons (Fsp3) is 0.714. The number of rotatable bonds is 6. The fourth-order valence-corrected chi connectivity index (χ4v) is 2.37. The average Bonchev–Trinajstić information content (AvgIpc) is 2.85. The second-order valence-corrected chi connectivity index (χ2v) is 4.96. The van der Waals surface area contributed by atoms with Crippen LogP contribution in [0.15, 0.2) is 16.7 Å². The SMILES string of the molecule is CCNCc1coc(CN(C)C2CCOCC2)c1. The number of furan rings is 1. The van der Waals surface area contributed by atoms with Crippen molar-refractivity contribution < 1.29 is 9.15 Å². The van der Waals surface area contributed by atoms with E-state index in [2.05, 4.69) is 30.3 Å². The summed E-state index contributed by atoms with van der Waals surface area (Å²) in [5.74, 6) is 1.05. The molecule has 0 aliphatic carbocycles. The van der Waals surface area contributed by atoms with E-state index in [1.807, 2.05) is 6.26 Å². The van der Waals surface area contributed by atoms with Crippen LogP contribution in [0.3, 0.4) is 0 Å². The number of hydrogen-bond acceptors (Lipinski definition) is 4. The second-order valence-electron chi connectivity index (χ2n) is 4.96. The van der Waals surface area contributed by atoms with E-state index < -0.39 is 0 Å². The minimum atomic E-state index is 0.626. The molecule has 0 spiro atoms. The van der Waals surface area contributed by atoms with Crippen LogP contribution in [-0.2, 0) is 17.8 Å². The lowest BCUT2D eigenvalue weighted by Crippen LogP contribution is -2.36. The Hall–Kier alpha value is -0.840. The van der Waals surface area contributed by atoms with Crippen molar-refractivity contribution in [1.82, 2.24) is 10.2 Å². The van der Waals surface area contributed by atoms with Gasteiger partial charge in [-0.15, -0.1) is 0 Å². The molecule has 1 N–H and O–H groups in total. The molecule has 102 valence electrons. The van der Waals surface area contributed by atoms with Gasteiger partial charge in [-0.2, -0.15) is 0 Å². The molecule has 4 nitrogen and oxygen atoms in total. The summed E-state index contributed by atoms with van der Waals surface area (Å²) in [7, 11) is 2.17. The third kappa shape index (κ3) is 3.83. The lowest BCUT2D eigenvalue weighted by Gasteiger charge is -2.30. The van der Waals surface area contributed by atoms with Crippen molar-refractivity contribution >= 4 is 0 Å². The lowest BCUT2D eigenvalue weighted by atomic mass is 10.1. The molecular formula is C14H24N2O2. The third-order valence-corrected chi connectivity index (χ3v) is 3.51. The number of nitrogens with zero attached hydrogens (tertiary/aromatic N) is 1. The van der Waals surface area contributed by atoms with Gasteiger partial charge in [0.05, 0.1) is 12.8 Å². The Labute approximate surface area is 109 Å². The smallest absolute Gasteiger partial charge is 0.118 e. The molecule has 1 aliphatic heterocycles. The molecule has 0 bridgehead atoms. The third-order valence-electron chi connectivity index (χ3n) is 3.51. The molecule has 0 aromatic carbocycles. The van der Waals surface area contributed by atoms with Crippen LogP contribution in [0, 0.1) is 0 Å². The highest BCUT2D eigenvalue weighted by Crippen LogP contribution is 2.17. The predicted molar refractivity (Wildman–Crippen MR) is 71.4 cm³/mol. The van der Waals surface area contributed by atoms with Gasteiger partial charge in [0.15, 0.2) is 0 Å². The average molecular weight is 252 g/mol. The van der Waals surface area contributed by atoms with Gasteiger partial charge < -0.3 is 14.5 Å². The maximum absolute atomic E-state index is 5.61. The Kier molecular flexibility index (Phi) is 5.23. The van der Waals surface area contributed by atoms with Crippen molar-refractivity contribution in [2.75, 3.05) is 26.8 Å². The van der Waals surface area contributed by atoms with Gasteiger partial charge in [0.1, 0.15) is 5.76 Å². The van der Waals surface area contributed by atoms with E-state index in [4.69, 9.17) is 9.15 Å². The van der Waals surface area contributed by atoms with E-state index in [-0.39, 0.29) is 0 Å². The van der Waals surface area contributed by atoms with Crippen molar-refractivity contribution in [2.45, 2.75) is 38.9 Å². The Morgan fingerprint density at radius 1 is 1.39 bits per heavy atom. The molecule has 4 heteroatoms. The van der Waals surface area contributed by atoms with Crippen molar-refractivity contribution in [2.24, 2.45) is 0 Å². The van der Waals surface area contributed by atoms with Crippen molar-refractivity contribution in [3.05, 3.63) is 23.7 Å². The summed E-state index contributed by atoms with van der Waals surface area (Å²) in [6, 6.07) is 2.78. The first-order valence-corrected chi connectivity index (χ1v) is 6.84. The first-order chi connectivity index (χ1) is 8.79. The molecular weight excluding hydrogens is 228 g/mol. The van der Waals surface area contributed by atoms with E-state index in [1.54, 1.807) is 0 Å². The summed E-state index contributed by atoms with van der Waals surface area (Å²) >= 11 is 0. The van der Waals surface area contributed by atoms with Crippen LogP contribution >= 0.6 is 0 Å². The van der Waals surface area contributed by atoms with Crippen LogP contribution < -0.4 is 5.32 Å². The van der Waals surface area contributed by atoms with Gasteiger partial charge in [-0.05, 0) is 32.5 Å². The molecule has 1 aromatic heterocycles. The molecule has 0 unspecified atom stereocenters. The van der Waals surface area contributed by atoms with E-state index in [0.29, 0.717) is 6.04 Å². The van der Waals surface area contributed by atoms with E-state index >= 15 is 0 Å². The van der Waals surface area contributed by atoms with Crippen LogP contribution in [0.4, 0.5) is 0 Å². The molecule has 1 fully saturated rings. The van der Waals surface area contributed by atoms with Crippen molar-refractivity contribution in [3.63, 3.8) is 0 Å². The van der Waals surface area contributed by atoms with Crippen LogP contribution in [-0.4, -0.2) is 37.7 Å². The van der Waals surface area contributed by atoms with Crippen LogP contribution in [0.25, 0.3) is 0 Å². The fourth-order valence-electron chi connectivity index (χ4n) is 2.37. The predicted octanol–water partition coefficient (Wildman–Crippen LogP) is 2.00. The molecule has 2 heterocycles. The summed E-state index contributed by atoms with van der Waals surface area (Å²) in [5.41, 5.74) is 1.23. The zero-order chi connectivity index (χ0) is 12.8. The Balaban J connectivity index is 1.82. The summed E-state index contributed by atoms with van der Waals surface area (Å²) < 4.78 is 11.0. The standard InChI is InChI=1S/C14H24N2O2/c1-3-15-9-12-8-14(18-11-12)10-16(2)13-4-6-17-7-5-13/h8,11,13,15H,3-7,9-10H2,1-2H3. The molecule has 1 saturated heterocycles. The van der Waals surface area contributed by atoms with Gasteiger partial charge in [-0.1, -0.05) is 6.92 Å². The van der Waals surface area contributed by atoms with E-state index in [0.717, 1.165) is 51.4 Å². The van der Waals surface area contributed by atoms with Gasteiger partial charge in [0.25, 0.3) is 0 Å². The van der Waals surface area contributed by atoms with Crippen molar-refractivity contribution in [1.29, 1.82) is 0 Å². The molecule has 0 amide bonds. The summed E-state index contributed by atoms with van der Waals surface area (Å²) in [4.78, 5) is 2.37. The number of ether oxygens (including phenoxy) is 1. The quantitative estimate of drug-likeness (QED) is 0.840. The molecule has 2 rings (SSSR count). The maximum atomic E-state index is 5.61. The molecule has 18 heavy (non-hydrogen) atoms. The van der Waals surface area contributed by atoms with Gasteiger partial charge in [-0.3, -0.25) is 4.90 Å². The van der Waals surface area contributed by atoms with Gasteiger partial charge in [0, 0.05) is 31.4 Å². The number of nitrogens with one attached hydrogen (secondary N) is 1. The second kappa shape index (κ2) is 6.92. The van der Waals surface area contributed by atoms with Gasteiger partial charge in [-0.25, -0.2) is 0 Å². The number of hydrogen-bond donors (Lipinski definition) is 1. The molecule has 0 atom stereocenters. The Morgan fingerprint density at radius 3 is 2.89 bits per heavy atom. The molecule has 1 aliphatic rings.